The predicted octanol–water partition coefficient (Wildman–Crippen LogP) is 5.00. The highest BCUT2D eigenvalue weighted by Crippen LogP contribution is 2.24. The van der Waals surface area contributed by atoms with E-state index in [1.54, 1.807) is 22.9 Å². The first-order valence-electron chi connectivity index (χ1n) is 10.2. The van der Waals surface area contributed by atoms with E-state index >= 15 is 0 Å². The van der Waals surface area contributed by atoms with E-state index in [1.165, 1.54) is 6.42 Å². The molecule has 0 saturated heterocycles. The summed E-state index contributed by atoms with van der Waals surface area (Å²) < 4.78 is 1.57. The van der Waals surface area contributed by atoms with Crippen LogP contribution in [0.3, 0.4) is 0 Å². The predicted molar refractivity (Wildman–Crippen MR) is 118 cm³/mol. The Morgan fingerprint density at radius 3 is 2.38 bits per heavy atom. The molecule has 150 valence electrons. The lowest BCUT2D eigenvalue weighted by atomic mass is 9.94. The highest BCUT2D eigenvalue weighted by Gasteiger charge is 2.27. The number of benzene rings is 2. The van der Waals surface area contributed by atoms with Gasteiger partial charge in [-0.2, -0.15) is 0 Å². The molecule has 0 aliphatic heterocycles. The first-order chi connectivity index (χ1) is 14.0. The van der Waals surface area contributed by atoms with Gasteiger partial charge in [0, 0.05) is 22.6 Å². The van der Waals surface area contributed by atoms with Crippen LogP contribution in [0, 0.1) is 6.92 Å². The highest BCUT2D eigenvalue weighted by molar-refractivity contribution is 6.30. The van der Waals surface area contributed by atoms with Crippen molar-refractivity contribution >= 4 is 28.3 Å². The van der Waals surface area contributed by atoms with Crippen molar-refractivity contribution in [3.63, 3.8) is 0 Å². The van der Waals surface area contributed by atoms with E-state index in [1.807, 2.05) is 43.3 Å². The summed E-state index contributed by atoms with van der Waals surface area (Å²) in [4.78, 5) is 26.7. The molecule has 1 aliphatic rings. The molecule has 1 aliphatic carbocycles. The summed E-state index contributed by atoms with van der Waals surface area (Å²) in [5.74, 6) is -0.143. The van der Waals surface area contributed by atoms with Gasteiger partial charge in [-0.3, -0.25) is 14.2 Å². The zero-order chi connectivity index (χ0) is 20.4. The first kappa shape index (κ1) is 19.7. The molecule has 1 amide bonds. The van der Waals surface area contributed by atoms with Gasteiger partial charge in [0.1, 0.15) is 6.04 Å². The molecule has 0 radical (unpaired) electrons. The number of amides is 1. The van der Waals surface area contributed by atoms with E-state index in [0.717, 1.165) is 42.2 Å². The maximum atomic E-state index is 13.4. The standard InChI is InChI=1S/C24H25ClN2O2/c1-16-15-27(24(29)21-10-6-5-9-20(16)21)22(17-11-13-18(25)14-12-17)23(28)26-19-7-3-2-4-8-19/h5-6,9-15,19,22H,2-4,7-8H2,1H3,(H,26,28). The average Bonchev–Trinajstić information content (AvgIpc) is 2.74. The van der Waals surface area contributed by atoms with E-state index in [4.69, 9.17) is 11.6 Å². The van der Waals surface area contributed by atoms with Gasteiger partial charge in [-0.15, -0.1) is 0 Å². The Kier molecular flexibility index (Phi) is 5.72. The Bertz CT molecular complexity index is 1080. The Hall–Kier alpha value is -2.59. The number of fused-ring (bicyclic) bond motifs is 1. The molecule has 3 aromatic rings. The van der Waals surface area contributed by atoms with E-state index in [-0.39, 0.29) is 17.5 Å². The highest BCUT2D eigenvalue weighted by atomic mass is 35.5. The van der Waals surface area contributed by atoms with Crippen LogP contribution in [0.1, 0.15) is 49.3 Å². The van der Waals surface area contributed by atoms with Crippen LogP contribution in [0.15, 0.2) is 59.5 Å². The molecule has 1 N–H and O–H groups in total. The summed E-state index contributed by atoms with van der Waals surface area (Å²) in [6, 6.07) is 14.1. The van der Waals surface area contributed by atoms with Crippen LogP contribution in [-0.4, -0.2) is 16.5 Å². The summed E-state index contributed by atoms with van der Waals surface area (Å²) in [7, 11) is 0. The van der Waals surface area contributed by atoms with E-state index in [9.17, 15) is 9.59 Å². The molecule has 1 saturated carbocycles. The van der Waals surface area contributed by atoms with Gasteiger partial charge < -0.3 is 5.32 Å². The third-order valence-corrected chi connectivity index (χ3v) is 6.07. The fourth-order valence-corrected chi connectivity index (χ4v) is 4.42. The second kappa shape index (κ2) is 8.42. The minimum absolute atomic E-state index is 0.143. The fraction of sp³-hybridized carbons (Fsp3) is 0.333. The van der Waals surface area contributed by atoms with Gasteiger partial charge >= 0.3 is 0 Å². The smallest absolute Gasteiger partial charge is 0.259 e. The van der Waals surface area contributed by atoms with Gasteiger partial charge in [0.05, 0.1) is 0 Å². The molecular formula is C24H25ClN2O2. The van der Waals surface area contributed by atoms with Crippen LogP contribution in [-0.2, 0) is 4.79 Å². The van der Waals surface area contributed by atoms with E-state index in [0.29, 0.717) is 10.4 Å². The van der Waals surface area contributed by atoms with Crippen LogP contribution in [0.5, 0.6) is 0 Å². The number of aromatic nitrogens is 1. The van der Waals surface area contributed by atoms with Crippen molar-refractivity contribution in [1.82, 2.24) is 9.88 Å². The van der Waals surface area contributed by atoms with Gasteiger partial charge in [-0.05, 0) is 54.5 Å². The molecule has 29 heavy (non-hydrogen) atoms. The number of carbonyl (C=O) groups is 1. The number of nitrogens with zero attached hydrogens (tertiary/aromatic N) is 1. The topological polar surface area (TPSA) is 51.1 Å². The number of carbonyl (C=O) groups excluding carboxylic acids is 1. The number of pyridine rings is 1. The molecule has 2 aromatic carbocycles. The summed E-state index contributed by atoms with van der Waals surface area (Å²) in [5.41, 5.74) is 1.55. The third kappa shape index (κ3) is 4.08. The van der Waals surface area contributed by atoms with Gasteiger partial charge in [-0.1, -0.05) is 61.2 Å². The zero-order valence-corrected chi connectivity index (χ0v) is 17.3. The SMILES string of the molecule is Cc1cn(C(C(=O)NC2CCCCC2)c2ccc(Cl)cc2)c(=O)c2ccccc12. The maximum absolute atomic E-state index is 13.4. The number of hydrogen-bond donors (Lipinski definition) is 1. The van der Waals surface area contributed by atoms with Crippen molar-refractivity contribution in [3.05, 3.63) is 81.2 Å². The number of nitrogens with one attached hydrogen (secondary N) is 1. The largest absolute Gasteiger partial charge is 0.351 e. The van der Waals surface area contributed by atoms with E-state index < -0.39 is 6.04 Å². The van der Waals surface area contributed by atoms with Crippen molar-refractivity contribution in [1.29, 1.82) is 0 Å². The number of halogens is 1. The van der Waals surface area contributed by atoms with Crippen LogP contribution in [0.25, 0.3) is 10.8 Å². The molecule has 1 atom stereocenters. The fourth-order valence-electron chi connectivity index (χ4n) is 4.29. The Morgan fingerprint density at radius 2 is 1.69 bits per heavy atom. The van der Waals surface area contributed by atoms with Crippen molar-refractivity contribution in [2.75, 3.05) is 0 Å². The second-order valence-electron chi connectivity index (χ2n) is 7.87. The molecule has 1 aromatic heterocycles. The number of aryl methyl sites for hydroxylation is 1. The minimum atomic E-state index is -0.731. The molecule has 5 heteroatoms. The molecule has 0 spiro atoms. The lowest BCUT2D eigenvalue weighted by Gasteiger charge is -2.27. The second-order valence-corrected chi connectivity index (χ2v) is 8.30. The Balaban J connectivity index is 1.81. The summed E-state index contributed by atoms with van der Waals surface area (Å²) >= 11 is 6.06. The molecule has 4 rings (SSSR count). The van der Waals surface area contributed by atoms with Crippen LogP contribution in [0.2, 0.25) is 5.02 Å². The average molecular weight is 409 g/mol. The van der Waals surface area contributed by atoms with Gasteiger partial charge in [0.2, 0.25) is 5.91 Å². The van der Waals surface area contributed by atoms with Gasteiger partial charge in [0.15, 0.2) is 0 Å². The van der Waals surface area contributed by atoms with Crippen molar-refractivity contribution in [2.24, 2.45) is 0 Å². The Morgan fingerprint density at radius 1 is 1.03 bits per heavy atom. The first-order valence-corrected chi connectivity index (χ1v) is 10.6. The third-order valence-electron chi connectivity index (χ3n) is 5.81. The molecular weight excluding hydrogens is 384 g/mol. The monoisotopic (exact) mass is 408 g/mol. The lowest BCUT2D eigenvalue weighted by molar-refractivity contribution is -0.124. The summed E-state index contributed by atoms with van der Waals surface area (Å²) in [6.45, 7) is 1.97. The molecule has 0 bridgehead atoms. The normalized spacial score (nSPS) is 15.9. The molecule has 1 fully saturated rings. The summed E-state index contributed by atoms with van der Waals surface area (Å²) in [6.07, 6.45) is 7.26. The Labute approximate surface area is 175 Å². The molecule has 1 heterocycles. The maximum Gasteiger partial charge on any atom is 0.259 e. The summed E-state index contributed by atoms with van der Waals surface area (Å²) in [5, 5.41) is 5.33. The lowest BCUT2D eigenvalue weighted by Crippen LogP contribution is -2.43. The van der Waals surface area contributed by atoms with E-state index in [2.05, 4.69) is 5.32 Å². The quantitative estimate of drug-likeness (QED) is 0.660. The van der Waals surface area contributed by atoms with Gasteiger partial charge in [0.25, 0.3) is 5.56 Å². The number of hydrogen-bond acceptors (Lipinski definition) is 2. The van der Waals surface area contributed by atoms with Crippen molar-refractivity contribution in [3.8, 4) is 0 Å². The molecule has 4 nitrogen and oxygen atoms in total. The van der Waals surface area contributed by atoms with Crippen LogP contribution >= 0.6 is 11.6 Å². The minimum Gasteiger partial charge on any atom is -0.351 e. The van der Waals surface area contributed by atoms with Crippen LogP contribution in [0.4, 0.5) is 0 Å². The number of rotatable bonds is 4. The van der Waals surface area contributed by atoms with Crippen LogP contribution < -0.4 is 10.9 Å². The molecule has 1 unspecified atom stereocenters. The van der Waals surface area contributed by atoms with Crippen molar-refractivity contribution < 1.29 is 4.79 Å². The van der Waals surface area contributed by atoms with Crippen molar-refractivity contribution in [2.45, 2.75) is 51.1 Å². The zero-order valence-electron chi connectivity index (χ0n) is 16.5. The van der Waals surface area contributed by atoms with Gasteiger partial charge in [-0.25, -0.2) is 0 Å².